The molecule has 1 heterocycles. The van der Waals surface area contributed by atoms with Crippen molar-refractivity contribution in [1.29, 1.82) is 0 Å². The van der Waals surface area contributed by atoms with Gasteiger partial charge in [0.25, 0.3) is 0 Å². The number of amides is 2. The molecule has 0 aromatic heterocycles. The van der Waals surface area contributed by atoms with Gasteiger partial charge in [-0.1, -0.05) is 88.4 Å². The van der Waals surface area contributed by atoms with Crippen LogP contribution in [-0.4, -0.2) is 63.4 Å². The topological polar surface area (TPSA) is 64.0 Å². The average molecular weight is 439 g/mol. The molecule has 32 heavy (non-hydrogen) atoms. The van der Waals surface area contributed by atoms with Crippen molar-refractivity contribution >= 4 is 6.03 Å². The molecule has 0 bridgehead atoms. The van der Waals surface area contributed by atoms with Crippen LogP contribution in [0.15, 0.2) is 60.7 Å². The van der Waals surface area contributed by atoms with Gasteiger partial charge in [-0.15, -0.1) is 0 Å². The standard InChI is InChI=1S/C27H38N2O3/c1-19(2)17-28-23(15-21-11-7-5-8-12-21)25(30)26(31)24(16-22-13-9-6-10-14-22)29(27(28)32)18-20(3)4/h5-14,19-20,23-26,30-31H,15-18H2,1-4H3/t23-,24-,25+,26+/m1/s1. The molecule has 5 nitrogen and oxygen atoms in total. The van der Waals surface area contributed by atoms with E-state index in [-0.39, 0.29) is 17.9 Å². The number of carbonyl (C=O) groups excluding carboxylic acids is 1. The monoisotopic (exact) mass is 438 g/mol. The zero-order valence-corrected chi connectivity index (χ0v) is 19.8. The first kappa shape index (κ1) is 24.3. The number of nitrogens with zero attached hydrogens (tertiary/aromatic N) is 2. The summed E-state index contributed by atoms with van der Waals surface area (Å²) >= 11 is 0. The molecule has 2 amide bonds. The third-order valence-electron chi connectivity index (χ3n) is 6.13. The van der Waals surface area contributed by atoms with Crippen LogP contribution in [0, 0.1) is 11.8 Å². The lowest BCUT2D eigenvalue weighted by atomic mass is 9.90. The highest BCUT2D eigenvalue weighted by molar-refractivity contribution is 5.76. The van der Waals surface area contributed by atoms with Crippen molar-refractivity contribution in [2.45, 2.75) is 64.8 Å². The maximum Gasteiger partial charge on any atom is 0.320 e. The molecule has 0 saturated carbocycles. The molecule has 2 aromatic carbocycles. The predicted molar refractivity (Wildman–Crippen MR) is 128 cm³/mol. The lowest BCUT2D eigenvalue weighted by molar-refractivity contribution is -0.0409. The van der Waals surface area contributed by atoms with E-state index in [4.69, 9.17) is 0 Å². The first-order valence-electron chi connectivity index (χ1n) is 11.8. The summed E-state index contributed by atoms with van der Waals surface area (Å²) in [6.45, 7) is 9.38. The second-order valence-corrected chi connectivity index (χ2v) is 9.87. The minimum Gasteiger partial charge on any atom is -0.388 e. The molecule has 1 aliphatic heterocycles. The second kappa shape index (κ2) is 11.0. The van der Waals surface area contributed by atoms with Gasteiger partial charge in [-0.2, -0.15) is 0 Å². The Kier molecular flexibility index (Phi) is 8.32. The van der Waals surface area contributed by atoms with E-state index in [9.17, 15) is 15.0 Å². The third kappa shape index (κ3) is 5.90. The predicted octanol–water partition coefficient (Wildman–Crippen LogP) is 3.98. The van der Waals surface area contributed by atoms with E-state index in [1.807, 2.05) is 60.7 Å². The Labute approximate surface area is 192 Å². The van der Waals surface area contributed by atoms with Crippen LogP contribution in [0.1, 0.15) is 38.8 Å². The first-order chi connectivity index (χ1) is 15.3. The summed E-state index contributed by atoms with van der Waals surface area (Å²) in [5.74, 6) is 0.487. The lowest BCUT2D eigenvalue weighted by Gasteiger charge is -2.37. The Balaban J connectivity index is 2.01. The van der Waals surface area contributed by atoms with Crippen LogP contribution >= 0.6 is 0 Å². The maximum atomic E-state index is 13.9. The fraction of sp³-hybridized carbons (Fsp3) is 0.519. The number of aliphatic hydroxyl groups excluding tert-OH is 2. The normalized spacial score (nSPS) is 24.3. The number of benzene rings is 2. The van der Waals surface area contributed by atoms with Gasteiger partial charge in [0.1, 0.15) is 12.2 Å². The van der Waals surface area contributed by atoms with E-state index in [0.29, 0.717) is 25.9 Å². The van der Waals surface area contributed by atoms with Crippen molar-refractivity contribution in [3.05, 3.63) is 71.8 Å². The van der Waals surface area contributed by atoms with Crippen LogP contribution in [-0.2, 0) is 12.8 Å². The van der Waals surface area contributed by atoms with Gasteiger partial charge in [0.15, 0.2) is 0 Å². The number of rotatable bonds is 8. The summed E-state index contributed by atoms with van der Waals surface area (Å²) in [5.41, 5.74) is 2.09. The smallest absolute Gasteiger partial charge is 0.320 e. The van der Waals surface area contributed by atoms with Crippen molar-refractivity contribution < 1.29 is 15.0 Å². The molecule has 0 aliphatic carbocycles. The molecule has 1 saturated heterocycles. The quantitative estimate of drug-likeness (QED) is 0.655. The Morgan fingerprint density at radius 3 is 1.34 bits per heavy atom. The van der Waals surface area contributed by atoms with Gasteiger partial charge in [-0.3, -0.25) is 0 Å². The highest BCUT2D eigenvalue weighted by Gasteiger charge is 2.46. The SMILES string of the molecule is CC(C)CN1C(=O)N(CC(C)C)[C@H](Cc2ccccc2)[C@H](O)[C@@H](O)[C@H]1Cc1ccccc1. The van der Waals surface area contributed by atoms with Gasteiger partial charge in [-0.25, -0.2) is 4.79 Å². The van der Waals surface area contributed by atoms with Gasteiger partial charge in [-0.05, 0) is 35.8 Å². The van der Waals surface area contributed by atoms with E-state index in [2.05, 4.69) is 27.7 Å². The summed E-state index contributed by atoms with van der Waals surface area (Å²) in [7, 11) is 0. The van der Waals surface area contributed by atoms with Crippen LogP contribution in [0.25, 0.3) is 0 Å². The van der Waals surface area contributed by atoms with E-state index in [0.717, 1.165) is 11.1 Å². The number of aliphatic hydroxyl groups is 2. The van der Waals surface area contributed by atoms with Crippen molar-refractivity contribution in [2.75, 3.05) is 13.1 Å². The van der Waals surface area contributed by atoms with Gasteiger partial charge >= 0.3 is 6.03 Å². The molecule has 0 spiro atoms. The van der Waals surface area contributed by atoms with Crippen molar-refractivity contribution in [3.63, 3.8) is 0 Å². The molecule has 1 aliphatic rings. The Morgan fingerprint density at radius 1 is 0.688 bits per heavy atom. The minimum absolute atomic E-state index is 0.0927. The molecule has 2 aromatic rings. The van der Waals surface area contributed by atoms with Crippen molar-refractivity contribution in [3.8, 4) is 0 Å². The molecular weight excluding hydrogens is 400 g/mol. The Bertz CT molecular complexity index is 771. The highest BCUT2D eigenvalue weighted by Crippen LogP contribution is 2.28. The summed E-state index contributed by atoms with van der Waals surface area (Å²) in [5, 5.41) is 22.8. The molecule has 1 fully saturated rings. The lowest BCUT2D eigenvalue weighted by Crippen LogP contribution is -2.52. The van der Waals surface area contributed by atoms with Crippen molar-refractivity contribution in [1.82, 2.24) is 9.80 Å². The number of carbonyl (C=O) groups is 1. The molecular formula is C27H38N2O3. The molecule has 2 N–H and O–H groups in total. The van der Waals surface area contributed by atoms with Crippen LogP contribution in [0.5, 0.6) is 0 Å². The molecule has 174 valence electrons. The summed E-state index contributed by atoms with van der Waals surface area (Å²) < 4.78 is 0. The zero-order chi connectivity index (χ0) is 23.3. The molecule has 0 unspecified atom stereocenters. The van der Waals surface area contributed by atoms with Crippen LogP contribution in [0.4, 0.5) is 4.79 Å². The van der Waals surface area contributed by atoms with Gasteiger partial charge < -0.3 is 20.0 Å². The van der Waals surface area contributed by atoms with E-state index < -0.39 is 24.3 Å². The molecule has 3 rings (SSSR count). The largest absolute Gasteiger partial charge is 0.388 e. The summed E-state index contributed by atoms with van der Waals surface area (Å²) in [4.78, 5) is 17.5. The van der Waals surface area contributed by atoms with Gasteiger partial charge in [0.2, 0.25) is 0 Å². The minimum atomic E-state index is -1.04. The highest BCUT2D eigenvalue weighted by atomic mass is 16.3. The number of hydrogen-bond acceptors (Lipinski definition) is 3. The van der Waals surface area contributed by atoms with Crippen LogP contribution < -0.4 is 0 Å². The van der Waals surface area contributed by atoms with E-state index in [1.165, 1.54) is 0 Å². The third-order valence-corrected chi connectivity index (χ3v) is 6.13. The van der Waals surface area contributed by atoms with Crippen molar-refractivity contribution in [2.24, 2.45) is 11.8 Å². The number of urea groups is 1. The van der Waals surface area contributed by atoms with Gasteiger partial charge in [0, 0.05) is 13.1 Å². The van der Waals surface area contributed by atoms with E-state index in [1.54, 1.807) is 9.80 Å². The van der Waals surface area contributed by atoms with Crippen LogP contribution in [0.3, 0.4) is 0 Å². The fourth-order valence-electron chi connectivity index (χ4n) is 4.66. The first-order valence-corrected chi connectivity index (χ1v) is 11.8. The van der Waals surface area contributed by atoms with E-state index >= 15 is 0 Å². The zero-order valence-electron chi connectivity index (χ0n) is 19.8. The average Bonchev–Trinajstić information content (AvgIpc) is 2.82. The Hall–Kier alpha value is -2.37. The second-order valence-electron chi connectivity index (χ2n) is 9.87. The van der Waals surface area contributed by atoms with Gasteiger partial charge in [0.05, 0.1) is 12.1 Å². The maximum absolute atomic E-state index is 13.9. The Morgan fingerprint density at radius 2 is 1.03 bits per heavy atom. The molecule has 5 heteroatoms. The number of hydrogen-bond donors (Lipinski definition) is 2. The molecule has 4 atom stereocenters. The summed E-state index contributed by atoms with van der Waals surface area (Å²) in [6.07, 6.45) is -1.07. The summed E-state index contributed by atoms with van der Waals surface area (Å²) in [6, 6.07) is 18.7. The fourth-order valence-corrected chi connectivity index (χ4v) is 4.66. The molecule has 0 radical (unpaired) electrons. The van der Waals surface area contributed by atoms with Crippen LogP contribution in [0.2, 0.25) is 0 Å².